The molecular formula is C25H24ClF2N3O2. The summed E-state index contributed by atoms with van der Waals surface area (Å²) in [6.45, 7) is 2.82. The van der Waals surface area contributed by atoms with Crippen LogP contribution in [0, 0.1) is 18.6 Å². The van der Waals surface area contributed by atoms with Gasteiger partial charge in [0.25, 0.3) is 11.5 Å². The minimum Gasteiger partial charge on any atom is -0.353 e. The number of nitrogens with one attached hydrogen (secondary N) is 1. The molecule has 0 atom stereocenters. The van der Waals surface area contributed by atoms with Crippen molar-refractivity contribution in [3.63, 3.8) is 0 Å². The molecule has 1 N–H and O–H groups in total. The lowest BCUT2D eigenvalue weighted by Crippen LogP contribution is -2.39. The zero-order valence-corrected chi connectivity index (χ0v) is 19.1. The molecule has 1 aliphatic heterocycles. The van der Waals surface area contributed by atoms with Gasteiger partial charge in [0.1, 0.15) is 16.7 Å². The van der Waals surface area contributed by atoms with Crippen molar-refractivity contribution in [2.24, 2.45) is 7.05 Å². The molecule has 1 saturated heterocycles. The SMILES string of the molecule is Cc1ccc(F)cc1Nc1c(C(=O)N2CCC(c3ccc(F)cc3)CC2)cn(C)c(=O)c1Cl. The van der Waals surface area contributed by atoms with Gasteiger partial charge in [-0.15, -0.1) is 0 Å². The first kappa shape index (κ1) is 23.0. The van der Waals surface area contributed by atoms with Crippen LogP contribution in [0.1, 0.15) is 40.2 Å². The highest BCUT2D eigenvalue weighted by Crippen LogP contribution is 2.32. The zero-order valence-electron chi connectivity index (χ0n) is 18.4. The molecule has 2 aromatic carbocycles. The summed E-state index contributed by atoms with van der Waals surface area (Å²) in [5.74, 6) is -0.738. The van der Waals surface area contributed by atoms with Crippen LogP contribution in [0.3, 0.4) is 0 Å². The highest BCUT2D eigenvalue weighted by atomic mass is 35.5. The monoisotopic (exact) mass is 471 g/mol. The Morgan fingerprint density at radius 3 is 2.36 bits per heavy atom. The van der Waals surface area contributed by atoms with Gasteiger partial charge in [0.05, 0.1) is 11.3 Å². The van der Waals surface area contributed by atoms with Crippen LogP contribution in [-0.4, -0.2) is 28.5 Å². The number of piperidine rings is 1. The summed E-state index contributed by atoms with van der Waals surface area (Å²) < 4.78 is 28.3. The van der Waals surface area contributed by atoms with E-state index in [4.69, 9.17) is 11.6 Å². The Bertz CT molecular complexity index is 1250. The summed E-state index contributed by atoms with van der Waals surface area (Å²) in [5.41, 5.74) is 2.17. The van der Waals surface area contributed by atoms with Gasteiger partial charge in [0.15, 0.2) is 0 Å². The van der Waals surface area contributed by atoms with Crippen LogP contribution in [-0.2, 0) is 7.05 Å². The summed E-state index contributed by atoms with van der Waals surface area (Å²) in [5, 5.41) is 2.88. The van der Waals surface area contributed by atoms with Gasteiger partial charge >= 0.3 is 0 Å². The van der Waals surface area contributed by atoms with E-state index in [1.807, 2.05) is 0 Å². The standard InChI is InChI=1S/C25H24ClF2N3O2/c1-15-3-6-19(28)13-21(15)29-23-20(14-30(2)25(33)22(23)26)24(32)31-11-9-17(10-12-31)16-4-7-18(27)8-5-16/h3-8,13-14,17,29H,9-12H2,1-2H3. The summed E-state index contributed by atoms with van der Waals surface area (Å²) in [6.07, 6.45) is 2.94. The van der Waals surface area contributed by atoms with E-state index in [9.17, 15) is 18.4 Å². The van der Waals surface area contributed by atoms with Gasteiger partial charge in [-0.3, -0.25) is 9.59 Å². The zero-order chi connectivity index (χ0) is 23.7. The molecule has 3 aromatic rings. The first-order valence-corrected chi connectivity index (χ1v) is 11.1. The number of halogens is 3. The lowest BCUT2D eigenvalue weighted by molar-refractivity contribution is 0.0713. The highest BCUT2D eigenvalue weighted by molar-refractivity contribution is 6.34. The number of nitrogens with zero attached hydrogens (tertiary/aromatic N) is 2. The van der Waals surface area contributed by atoms with Gasteiger partial charge in [-0.25, -0.2) is 8.78 Å². The molecule has 172 valence electrons. The molecule has 33 heavy (non-hydrogen) atoms. The van der Waals surface area contributed by atoms with Gasteiger partial charge in [-0.05, 0) is 61.1 Å². The maximum Gasteiger partial charge on any atom is 0.271 e. The van der Waals surface area contributed by atoms with Crippen LogP contribution < -0.4 is 10.9 Å². The first-order chi connectivity index (χ1) is 15.7. The predicted molar refractivity (Wildman–Crippen MR) is 125 cm³/mol. The number of pyridine rings is 1. The summed E-state index contributed by atoms with van der Waals surface area (Å²) in [6, 6.07) is 10.7. The third-order valence-corrected chi connectivity index (χ3v) is 6.48. The number of carbonyl (C=O) groups is 1. The average Bonchev–Trinajstić information content (AvgIpc) is 2.81. The second kappa shape index (κ2) is 9.35. The van der Waals surface area contributed by atoms with Crippen molar-refractivity contribution >= 4 is 28.9 Å². The molecular weight excluding hydrogens is 448 g/mol. The average molecular weight is 472 g/mol. The smallest absolute Gasteiger partial charge is 0.271 e. The molecule has 0 radical (unpaired) electrons. The van der Waals surface area contributed by atoms with E-state index < -0.39 is 11.4 Å². The molecule has 0 saturated carbocycles. The Kier molecular flexibility index (Phi) is 6.51. The van der Waals surface area contributed by atoms with Gasteiger partial charge < -0.3 is 14.8 Å². The van der Waals surface area contributed by atoms with Gasteiger partial charge in [-0.2, -0.15) is 0 Å². The summed E-state index contributed by atoms with van der Waals surface area (Å²) in [4.78, 5) is 27.6. The van der Waals surface area contributed by atoms with E-state index in [-0.39, 0.29) is 33.9 Å². The molecule has 0 aliphatic carbocycles. The molecule has 0 spiro atoms. The Labute approximate surface area is 195 Å². The van der Waals surface area contributed by atoms with E-state index >= 15 is 0 Å². The fraction of sp³-hybridized carbons (Fsp3) is 0.280. The van der Waals surface area contributed by atoms with E-state index in [0.717, 1.165) is 24.0 Å². The number of rotatable bonds is 4. The van der Waals surface area contributed by atoms with E-state index in [0.29, 0.717) is 18.8 Å². The van der Waals surface area contributed by atoms with Crippen LogP contribution in [0.15, 0.2) is 53.5 Å². The maximum atomic E-state index is 13.8. The number of hydrogen-bond acceptors (Lipinski definition) is 3. The quantitative estimate of drug-likeness (QED) is 0.555. The first-order valence-electron chi connectivity index (χ1n) is 10.7. The molecule has 1 amide bonds. The van der Waals surface area contributed by atoms with Crippen molar-refractivity contribution in [1.29, 1.82) is 0 Å². The number of hydrogen-bond donors (Lipinski definition) is 1. The second-order valence-corrected chi connectivity index (χ2v) is 8.73. The molecule has 4 rings (SSSR count). The molecule has 1 aromatic heterocycles. The Balaban J connectivity index is 1.60. The van der Waals surface area contributed by atoms with Crippen molar-refractivity contribution in [3.05, 3.63) is 92.4 Å². The van der Waals surface area contributed by atoms with Gasteiger partial charge in [-0.1, -0.05) is 29.8 Å². The lowest BCUT2D eigenvalue weighted by Gasteiger charge is -2.33. The van der Waals surface area contributed by atoms with Crippen molar-refractivity contribution in [2.45, 2.75) is 25.7 Å². The Morgan fingerprint density at radius 1 is 1.06 bits per heavy atom. The molecule has 0 unspecified atom stereocenters. The maximum absolute atomic E-state index is 13.8. The molecule has 0 bridgehead atoms. The van der Waals surface area contributed by atoms with Crippen molar-refractivity contribution in [3.8, 4) is 0 Å². The third-order valence-electron chi connectivity index (χ3n) is 6.13. The summed E-state index contributed by atoms with van der Waals surface area (Å²) in [7, 11) is 1.53. The van der Waals surface area contributed by atoms with Crippen LogP contribution in [0.4, 0.5) is 20.2 Å². The minimum atomic E-state index is -0.459. The van der Waals surface area contributed by atoms with Crippen LogP contribution in [0.25, 0.3) is 0 Å². The summed E-state index contributed by atoms with van der Waals surface area (Å²) >= 11 is 6.35. The number of carbonyl (C=O) groups excluding carboxylic acids is 1. The molecule has 8 heteroatoms. The van der Waals surface area contributed by atoms with E-state index in [1.165, 1.54) is 42.1 Å². The van der Waals surface area contributed by atoms with Crippen molar-refractivity contribution < 1.29 is 13.6 Å². The van der Waals surface area contributed by atoms with Gasteiger partial charge in [0, 0.05) is 32.0 Å². The number of benzene rings is 2. The molecule has 1 aliphatic rings. The third kappa shape index (κ3) is 4.78. The number of aryl methyl sites for hydroxylation is 2. The Morgan fingerprint density at radius 2 is 1.70 bits per heavy atom. The van der Waals surface area contributed by atoms with Crippen molar-refractivity contribution in [2.75, 3.05) is 18.4 Å². The number of anilines is 2. The van der Waals surface area contributed by atoms with Crippen LogP contribution in [0.2, 0.25) is 5.02 Å². The Hall–Kier alpha value is -3.19. The molecule has 2 heterocycles. The fourth-order valence-corrected chi connectivity index (χ4v) is 4.45. The largest absolute Gasteiger partial charge is 0.353 e. The number of aromatic nitrogens is 1. The minimum absolute atomic E-state index is 0.131. The molecule has 1 fully saturated rings. The normalized spacial score (nSPS) is 14.4. The molecule has 5 nitrogen and oxygen atoms in total. The number of amides is 1. The number of likely N-dealkylation sites (tertiary alicyclic amines) is 1. The second-order valence-electron chi connectivity index (χ2n) is 8.35. The highest BCUT2D eigenvalue weighted by Gasteiger charge is 2.28. The van der Waals surface area contributed by atoms with E-state index in [1.54, 1.807) is 30.0 Å². The fourth-order valence-electron chi connectivity index (χ4n) is 4.17. The topological polar surface area (TPSA) is 54.3 Å². The van der Waals surface area contributed by atoms with Gasteiger partial charge in [0.2, 0.25) is 0 Å². The van der Waals surface area contributed by atoms with Crippen molar-refractivity contribution in [1.82, 2.24) is 9.47 Å². The van der Waals surface area contributed by atoms with Crippen LogP contribution in [0.5, 0.6) is 0 Å². The lowest BCUT2D eigenvalue weighted by atomic mass is 9.89. The predicted octanol–water partition coefficient (Wildman–Crippen LogP) is 5.39. The van der Waals surface area contributed by atoms with E-state index in [2.05, 4.69) is 5.32 Å². The van der Waals surface area contributed by atoms with Crippen LogP contribution >= 0.6 is 11.6 Å².